The maximum atomic E-state index is 13.1. The average molecular weight is 456 g/mol. The van der Waals surface area contributed by atoms with E-state index in [9.17, 15) is 9.18 Å². The predicted molar refractivity (Wildman–Crippen MR) is 134 cm³/mol. The normalized spacial score (nSPS) is 14.7. The van der Waals surface area contributed by atoms with Crippen molar-refractivity contribution >= 4 is 28.4 Å². The molecule has 34 heavy (non-hydrogen) atoms. The van der Waals surface area contributed by atoms with Crippen LogP contribution < -0.4 is 10.2 Å². The van der Waals surface area contributed by atoms with Crippen LogP contribution in [-0.4, -0.2) is 54.0 Å². The van der Waals surface area contributed by atoms with E-state index in [1.165, 1.54) is 12.1 Å². The number of nitrogens with zero attached hydrogens (tertiary/aromatic N) is 4. The topological polar surface area (TPSA) is 61.4 Å². The Morgan fingerprint density at radius 3 is 2.38 bits per heavy atom. The van der Waals surface area contributed by atoms with Crippen LogP contribution >= 0.6 is 0 Å². The third-order valence-electron chi connectivity index (χ3n) is 6.16. The molecule has 0 radical (unpaired) electrons. The summed E-state index contributed by atoms with van der Waals surface area (Å²) >= 11 is 0. The zero-order valence-electron chi connectivity index (χ0n) is 19.0. The van der Waals surface area contributed by atoms with Crippen LogP contribution in [0.2, 0.25) is 0 Å². The summed E-state index contributed by atoms with van der Waals surface area (Å²) in [4.78, 5) is 26.8. The number of anilines is 2. The first-order chi connectivity index (χ1) is 16.5. The number of halogens is 1. The fourth-order valence-electron chi connectivity index (χ4n) is 4.17. The molecule has 1 aliphatic heterocycles. The second-order valence-electron chi connectivity index (χ2n) is 8.61. The van der Waals surface area contributed by atoms with E-state index in [1.54, 1.807) is 24.3 Å². The molecule has 0 unspecified atom stereocenters. The molecule has 4 aromatic rings. The molecule has 0 bridgehead atoms. The highest BCUT2D eigenvalue weighted by Gasteiger charge is 2.15. The second-order valence-corrected chi connectivity index (χ2v) is 8.61. The van der Waals surface area contributed by atoms with Gasteiger partial charge in [0.15, 0.2) is 0 Å². The van der Waals surface area contributed by atoms with Crippen molar-refractivity contribution in [3.05, 3.63) is 84.3 Å². The number of fused-ring (bicyclic) bond motifs is 1. The monoisotopic (exact) mass is 455 g/mol. The number of hydrogen-bond acceptors (Lipinski definition) is 5. The van der Waals surface area contributed by atoms with Crippen molar-refractivity contribution in [2.75, 3.05) is 43.4 Å². The summed E-state index contributed by atoms with van der Waals surface area (Å²) in [6, 6.07) is 19.1. The molecular formula is C27H26FN5O. The van der Waals surface area contributed by atoms with E-state index < -0.39 is 0 Å². The van der Waals surface area contributed by atoms with Crippen molar-refractivity contribution in [2.24, 2.45) is 0 Å². The van der Waals surface area contributed by atoms with Crippen LogP contribution in [0.15, 0.2) is 72.9 Å². The van der Waals surface area contributed by atoms with Crippen molar-refractivity contribution < 1.29 is 9.18 Å². The van der Waals surface area contributed by atoms with Gasteiger partial charge >= 0.3 is 0 Å². The Kier molecular flexibility index (Phi) is 6.18. The maximum Gasteiger partial charge on any atom is 0.255 e. The highest BCUT2D eigenvalue weighted by molar-refractivity contribution is 6.05. The Bertz CT molecular complexity index is 1310. The van der Waals surface area contributed by atoms with E-state index in [0.717, 1.165) is 60.6 Å². The van der Waals surface area contributed by atoms with Gasteiger partial charge in [0.2, 0.25) is 0 Å². The Hall–Kier alpha value is -3.84. The van der Waals surface area contributed by atoms with Gasteiger partial charge in [-0.1, -0.05) is 24.3 Å². The summed E-state index contributed by atoms with van der Waals surface area (Å²) in [6.07, 6.45) is 2.92. The van der Waals surface area contributed by atoms with E-state index >= 15 is 0 Å². The fraction of sp³-hybridized carbons (Fsp3) is 0.222. The third kappa shape index (κ3) is 4.89. The van der Waals surface area contributed by atoms with Gasteiger partial charge in [0.1, 0.15) is 11.6 Å². The third-order valence-corrected chi connectivity index (χ3v) is 6.16. The smallest absolute Gasteiger partial charge is 0.255 e. The van der Waals surface area contributed by atoms with Crippen molar-refractivity contribution in [2.45, 2.75) is 6.42 Å². The molecule has 1 amide bonds. The lowest BCUT2D eigenvalue weighted by Crippen LogP contribution is -2.29. The number of amides is 1. The number of likely N-dealkylation sites (N-methyl/N-ethyl adjacent to an activating group) is 1. The first-order valence-corrected chi connectivity index (χ1v) is 11.4. The molecule has 0 saturated carbocycles. The second kappa shape index (κ2) is 9.57. The number of aromatic nitrogens is 2. The van der Waals surface area contributed by atoms with Crippen LogP contribution in [-0.2, 0) is 0 Å². The molecule has 1 aromatic heterocycles. The molecule has 1 aliphatic rings. The molecule has 0 spiro atoms. The quantitative estimate of drug-likeness (QED) is 0.478. The summed E-state index contributed by atoms with van der Waals surface area (Å²) in [6.45, 7) is 4.01. The molecule has 0 aliphatic carbocycles. The lowest BCUT2D eigenvalue weighted by molar-refractivity contribution is 0.102. The zero-order chi connectivity index (χ0) is 23.5. The highest BCUT2D eigenvalue weighted by Crippen LogP contribution is 2.23. The maximum absolute atomic E-state index is 13.1. The number of nitrogens with one attached hydrogen (secondary N) is 1. The summed E-state index contributed by atoms with van der Waals surface area (Å²) < 4.78 is 13.1. The Morgan fingerprint density at radius 1 is 0.882 bits per heavy atom. The molecular weight excluding hydrogens is 429 g/mol. The van der Waals surface area contributed by atoms with Gasteiger partial charge in [0.05, 0.1) is 17.2 Å². The number of hydrogen-bond donors (Lipinski definition) is 1. The van der Waals surface area contributed by atoms with Gasteiger partial charge in [-0.15, -0.1) is 0 Å². The minimum Gasteiger partial charge on any atom is -0.354 e. The predicted octanol–water partition coefficient (Wildman–Crippen LogP) is 4.83. The number of carbonyl (C=O) groups excluding carboxylic acids is 1. The van der Waals surface area contributed by atoms with Crippen LogP contribution in [0.4, 0.5) is 15.9 Å². The van der Waals surface area contributed by atoms with Gasteiger partial charge in [0, 0.05) is 30.9 Å². The molecule has 6 nitrogen and oxygen atoms in total. The first-order valence-electron chi connectivity index (χ1n) is 11.4. The SMILES string of the molecule is CN1CCCN(c2cnc3cc(NC(=O)c4ccc(-c5ccc(F)cc5)cc4)ccc3n2)CC1. The largest absolute Gasteiger partial charge is 0.354 e. The van der Waals surface area contributed by atoms with E-state index in [2.05, 4.69) is 27.1 Å². The van der Waals surface area contributed by atoms with Gasteiger partial charge < -0.3 is 15.1 Å². The fourth-order valence-corrected chi connectivity index (χ4v) is 4.17. The van der Waals surface area contributed by atoms with E-state index in [-0.39, 0.29) is 11.7 Å². The van der Waals surface area contributed by atoms with Crippen LogP contribution in [0.5, 0.6) is 0 Å². The molecule has 2 heterocycles. The Labute approximate surface area is 198 Å². The zero-order valence-corrected chi connectivity index (χ0v) is 19.0. The van der Waals surface area contributed by atoms with Gasteiger partial charge in [-0.25, -0.2) is 9.37 Å². The van der Waals surface area contributed by atoms with Crippen LogP contribution in [0.3, 0.4) is 0 Å². The lowest BCUT2D eigenvalue weighted by Gasteiger charge is -2.21. The minimum absolute atomic E-state index is 0.205. The van der Waals surface area contributed by atoms with E-state index in [1.807, 2.05) is 36.5 Å². The average Bonchev–Trinajstić information content (AvgIpc) is 3.08. The molecule has 7 heteroatoms. The van der Waals surface area contributed by atoms with Crippen LogP contribution in [0.25, 0.3) is 22.2 Å². The van der Waals surface area contributed by atoms with Gasteiger partial charge in [-0.3, -0.25) is 9.78 Å². The molecule has 0 atom stereocenters. The lowest BCUT2D eigenvalue weighted by atomic mass is 10.0. The van der Waals surface area contributed by atoms with Crippen molar-refractivity contribution in [1.82, 2.24) is 14.9 Å². The molecule has 1 saturated heterocycles. The van der Waals surface area contributed by atoms with Crippen LogP contribution in [0, 0.1) is 5.82 Å². The van der Waals surface area contributed by atoms with E-state index in [0.29, 0.717) is 11.3 Å². The summed E-state index contributed by atoms with van der Waals surface area (Å²) in [5, 5.41) is 2.94. The first kappa shape index (κ1) is 22.0. The molecule has 1 fully saturated rings. The molecule has 172 valence electrons. The standard InChI is InChI=1S/C27H26FN5O/c1-32-13-2-14-33(16-15-32)26-18-29-25-17-23(11-12-24(25)31-26)30-27(34)21-5-3-19(4-6-21)20-7-9-22(28)10-8-20/h3-12,17-18H,2,13-16H2,1H3,(H,30,34). The Balaban J connectivity index is 1.28. The van der Waals surface area contributed by atoms with Crippen molar-refractivity contribution in [3.63, 3.8) is 0 Å². The van der Waals surface area contributed by atoms with Crippen LogP contribution in [0.1, 0.15) is 16.8 Å². The summed E-state index contributed by atoms with van der Waals surface area (Å²) in [5.74, 6) is 0.412. The van der Waals surface area contributed by atoms with Gasteiger partial charge in [0.25, 0.3) is 5.91 Å². The number of benzene rings is 3. The molecule has 5 rings (SSSR count). The highest BCUT2D eigenvalue weighted by atomic mass is 19.1. The van der Waals surface area contributed by atoms with Crippen molar-refractivity contribution in [3.8, 4) is 11.1 Å². The Morgan fingerprint density at radius 2 is 1.62 bits per heavy atom. The van der Waals surface area contributed by atoms with Gasteiger partial charge in [-0.05, 0) is 73.6 Å². The number of rotatable bonds is 4. The van der Waals surface area contributed by atoms with Crippen molar-refractivity contribution in [1.29, 1.82) is 0 Å². The molecule has 3 aromatic carbocycles. The minimum atomic E-state index is -0.272. The molecule has 1 N–H and O–H groups in total. The van der Waals surface area contributed by atoms with Gasteiger partial charge in [-0.2, -0.15) is 0 Å². The number of carbonyl (C=O) groups is 1. The van der Waals surface area contributed by atoms with E-state index in [4.69, 9.17) is 4.98 Å². The summed E-state index contributed by atoms with van der Waals surface area (Å²) in [7, 11) is 2.14. The summed E-state index contributed by atoms with van der Waals surface area (Å²) in [5.41, 5.74) is 4.56.